The lowest BCUT2D eigenvalue weighted by atomic mass is 10.1. The SMILES string of the molecule is COC(=O)C(CS)NC(=O)c1cncc(C(=O)NC(CS)C(=O)OC)c1. The Morgan fingerprint density at radius 3 is 1.62 bits per heavy atom. The number of thiol groups is 2. The van der Waals surface area contributed by atoms with E-state index >= 15 is 0 Å². The highest BCUT2D eigenvalue weighted by Gasteiger charge is 2.23. The van der Waals surface area contributed by atoms with Gasteiger partial charge in [0.15, 0.2) is 0 Å². The number of carbonyl (C=O) groups is 4. The minimum absolute atomic E-state index is 0.0365. The number of ether oxygens (including phenoxy) is 2. The van der Waals surface area contributed by atoms with Crippen LogP contribution >= 0.6 is 25.3 Å². The molecular weight excluding hydrogens is 382 g/mol. The number of pyridine rings is 1. The molecule has 142 valence electrons. The molecular formula is C15H19N3O6S2. The summed E-state index contributed by atoms with van der Waals surface area (Å²) in [5.74, 6) is -2.48. The normalized spacial score (nSPS) is 12.5. The monoisotopic (exact) mass is 401 g/mol. The van der Waals surface area contributed by atoms with E-state index in [0.717, 1.165) is 0 Å². The Labute approximate surface area is 161 Å². The molecule has 1 aromatic heterocycles. The maximum absolute atomic E-state index is 12.2. The molecule has 2 unspecified atom stereocenters. The molecule has 0 bridgehead atoms. The minimum Gasteiger partial charge on any atom is -0.467 e. The molecule has 0 saturated carbocycles. The minimum atomic E-state index is -0.943. The summed E-state index contributed by atoms with van der Waals surface area (Å²) in [6, 6.07) is -0.611. The smallest absolute Gasteiger partial charge is 0.329 e. The van der Waals surface area contributed by atoms with Crippen molar-refractivity contribution < 1.29 is 28.7 Å². The molecule has 26 heavy (non-hydrogen) atoms. The van der Waals surface area contributed by atoms with Gasteiger partial charge in [-0.25, -0.2) is 9.59 Å². The van der Waals surface area contributed by atoms with E-state index in [1.807, 2.05) is 0 Å². The lowest BCUT2D eigenvalue weighted by molar-refractivity contribution is -0.143. The molecule has 11 heteroatoms. The van der Waals surface area contributed by atoms with Crippen molar-refractivity contribution in [1.82, 2.24) is 15.6 Å². The third-order valence-electron chi connectivity index (χ3n) is 3.21. The van der Waals surface area contributed by atoms with Crippen LogP contribution in [0.2, 0.25) is 0 Å². The van der Waals surface area contributed by atoms with Crippen molar-refractivity contribution in [3.8, 4) is 0 Å². The number of nitrogens with one attached hydrogen (secondary N) is 2. The van der Waals surface area contributed by atoms with Crippen LogP contribution in [-0.4, -0.2) is 66.5 Å². The second-order valence-electron chi connectivity index (χ2n) is 4.93. The maximum atomic E-state index is 12.2. The summed E-state index contributed by atoms with van der Waals surface area (Å²) in [6.07, 6.45) is 2.46. The predicted molar refractivity (Wildman–Crippen MR) is 98.5 cm³/mol. The van der Waals surface area contributed by atoms with Crippen molar-refractivity contribution in [2.75, 3.05) is 25.7 Å². The summed E-state index contributed by atoms with van der Waals surface area (Å²) in [6.45, 7) is 0. The van der Waals surface area contributed by atoms with Crippen molar-refractivity contribution in [1.29, 1.82) is 0 Å². The first-order valence-corrected chi connectivity index (χ1v) is 8.58. The van der Waals surface area contributed by atoms with Gasteiger partial charge in [0.2, 0.25) is 0 Å². The highest BCUT2D eigenvalue weighted by atomic mass is 32.1. The van der Waals surface area contributed by atoms with E-state index in [-0.39, 0.29) is 22.6 Å². The topological polar surface area (TPSA) is 124 Å². The molecule has 0 spiro atoms. The van der Waals surface area contributed by atoms with Gasteiger partial charge >= 0.3 is 11.9 Å². The molecule has 2 N–H and O–H groups in total. The van der Waals surface area contributed by atoms with E-state index in [2.05, 4.69) is 50.3 Å². The zero-order chi connectivity index (χ0) is 19.7. The Morgan fingerprint density at radius 2 is 1.31 bits per heavy atom. The Balaban J connectivity index is 2.89. The van der Waals surface area contributed by atoms with Crippen molar-refractivity contribution in [3.05, 3.63) is 29.6 Å². The van der Waals surface area contributed by atoms with E-state index in [4.69, 9.17) is 0 Å². The quantitative estimate of drug-likeness (QED) is 0.341. The van der Waals surface area contributed by atoms with Gasteiger partial charge in [0.25, 0.3) is 11.8 Å². The Bertz CT molecular complexity index is 632. The van der Waals surface area contributed by atoms with Crippen molar-refractivity contribution in [2.24, 2.45) is 0 Å². The van der Waals surface area contributed by atoms with E-state index in [1.165, 1.54) is 32.7 Å². The predicted octanol–water partition coefficient (Wildman–Crippen LogP) is -0.516. The highest BCUT2D eigenvalue weighted by molar-refractivity contribution is 7.80. The average molecular weight is 401 g/mol. The van der Waals surface area contributed by atoms with Gasteiger partial charge in [0.1, 0.15) is 12.1 Å². The third-order valence-corrected chi connectivity index (χ3v) is 3.94. The van der Waals surface area contributed by atoms with Gasteiger partial charge in [0.05, 0.1) is 25.3 Å². The summed E-state index contributed by atoms with van der Waals surface area (Å²) >= 11 is 7.96. The number of hydrogen-bond acceptors (Lipinski definition) is 9. The van der Waals surface area contributed by atoms with Crippen LogP contribution in [0.1, 0.15) is 20.7 Å². The second kappa shape index (κ2) is 10.7. The summed E-state index contributed by atoms with van der Waals surface area (Å²) in [7, 11) is 2.38. The zero-order valence-electron chi connectivity index (χ0n) is 14.1. The molecule has 1 aromatic rings. The fourth-order valence-electron chi connectivity index (χ4n) is 1.81. The molecule has 1 rings (SSSR count). The summed E-state index contributed by atoms with van der Waals surface area (Å²) in [5, 5.41) is 4.86. The van der Waals surface area contributed by atoms with Crippen LogP contribution in [0, 0.1) is 0 Å². The molecule has 0 radical (unpaired) electrons. The van der Waals surface area contributed by atoms with Crippen LogP contribution in [0.4, 0.5) is 0 Å². The second-order valence-corrected chi connectivity index (χ2v) is 5.66. The number of carbonyl (C=O) groups excluding carboxylic acids is 4. The first-order chi connectivity index (χ1) is 12.4. The van der Waals surface area contributed by atoms with Crippen LogP contribution in [-0.2, 0) is 19.1 Å². The molecule has 2 amide bonds. The van der Waals surface area contributed by atoms with Gasteiger partial charge in [0, 0.05) is 23.9 Å². The molecule has 0 aromatic carbocycles. The van der Waals surface area contributed by atoms with Gasteiger partial charge in [-0.05, 0) is 6.07 Å². The fourth-order valence-corrected chi connectivity index (χ4v) is 2.29. The third kappa shape index (κ3) is 5.92. The summed E-state index contributed by atoms with van der Waals surface area (Å²) in [4.78, 5) is 51.3. The maximum Gasteiger partial charge on any atom is 0.329 e. The van der Waals surface area contributed by atoms with Crippen LogP contribution in [0.5, 0.6) is 0 Å². The first-order valence-electron chi connectivity index (χ1n) is 7.32. The van der Waals surface area contributed by atoms with Crippen molar-refractivity contribution >= 4 is 49.0 Å². The van der Waals surface area contributed by atoms with E-state index in [1.54, 1.807) is 0 Å². The van der Waals surface area contributed by atoms with Crippen LogP contribution in [0.25, 0.3) is 0 Å². The molecule has 0 aliphatic heterocycles. The van der Waals surface area contributed by atoms with Gasteiger partial charge in [-0.3, -0.25) is 14.6 Å². The van der Waals surface area contributed by atoms with E-state index in [0.29, 0.717) is 0 Å². The van der Waals surface area contributed by atoms with Crippen molar-refractivity contribution in [3.63, 3.8) is 0 Å². The van der Waals surface area contributed by atoms with E-state index in [9.17, 15) is 19.2 Å². The molecule has 2 atom stereocenters. The van der Waals surface area contributed by atoms with Gasteiger partial charge in [-0.1, -0.05) is 0 Å². The fraction of sp³-hybridized carbons (Fsp3) is 0.400. The molecule has 0 saturated heterocycles. The van der Waals surface area contributed by atoms with Gasteiger partial charge in [-0.15, -0.1) is 0 Å². The lowest BCUT2D eigenvalue weighted by Crippen LogP contribution is -2.43. The molecule has 0 aliphatic carbocycles. The molecule has 1 heterocycles. The van der Waals surface area contributed by atoms with Crippen LogP contribution in [0.3, 0.4) is 0 Å². The summed E-state index contributed by atoms with van der Waals surface area (Å²) in [5.41, 5.74) is 0.0997. The number of nitrogens with zero attached hydrogens (tertiary/aromatic N) is 1. The number of amides is 2. The first kappa shape index (κ1) is 21.8. The molecule has 0 fully saturated rings. The Morgan fingerprint density at radius 1 is 0.923 bits per heavy atom. The lowest BCUT2D eigenvalue weighted by Gasteiger charge is -2.15. The van der Waals surface area contributed by atoms with Gasteiger partial charge < -0.3 is 20.1 Å². The van der Waals surface area contributed by atoms with Crippen molar-refractivity contribution in [2.45, 2.75) is 12.1 Å². The number of rotatable bonds is 8. The number of esters is 2. The van der Waals surface area contributed by atoms with E-state index < -0.39 is 35.8 Å². The van der Waals surface area contributed by atoms with Crippen LogP contribution < -0.4 is 10.6 Å². The summed E-state index contributed by atoms with van der Waals surface area (Å²) < 4.78 is 9.12. The molecule has 9 nitrogen and oxygen atoms in total. The Kier molecular flexibility index (Phi) is 8.93. The van der Waals surface area contributed by atoms with Gasteiger partial charge in [-0.2, -0.15) is 25.3 Å². The number of hydrogen-bond donors (Lipinski definition) is 4. The zero-order valence-corrected chi connectivity index (χ0v) is 15.9. The number of aromatic nitrogens is 1. The average Bonchev–Trinajstić information content (AvgIpc) is 2.68. The molecule has 0 aliphatic rings. The standard InChI is InChI=1S/C15H19N3O6S2/c1-23-14(21)10(6-25)17-12(19)8-3-9(5-16-4-8)13(20)18-11(7-26)15(22)24-2/h3-5,10-11,25-26H,6-7H2,1-2H3,(H,17,19)(H,18,20). The van der Waals surface area contributed by atoms with Crippen LogP contribution in [0.15, 0.2) is 18.5 Å². The highest BCUT2D eigenvalue weighted by Crippen LogP contribution is 2.05. The Hall–Kier alpha value is -2.27. The largest absolute Gasteiger partial charge is 0.467 e. The number of methoxy groups -OCH3 is 2.